The molecule has 3 rings (SSSR count). The van der Waals surface area contributed by atoms with Crippen molar-refractivity contribution in [3.63, 3.8) is 0 Å². The van der Waals surface area contributed by atoms with Crippen molar-refractivity contribution in [1.29, 1.82) is 0 Å². The average molecular weight is 278 g/mol. The maximum Gasteiger partial charge on any atom is 0.278 e. The Hall–Kier alpha value is -2.95. The molecule has 0 bridgehead atoms. The molecule has 5 heteroatoms. The molecule has 0 amide bonds. The van der Waals surface area contributed by atoms with E-state index in [-0.39, 0.29) is 5.56 Å². The number of nitrogen functional groups attached to an aromatic ring is 1. The first kappa shape index (κ1) is 13.1. The average Bonchev–Trinajstić information content (AvgIpc) is 2.51. The molecule has 0 unspecified atom stereocenters. The lowest BCUT2D eigenvalue weighted by Gasteiger charge is -2.07. The molecule has 1 heterocycles. The molecular formula is C16H14N4O. The van der Waals surface area contributed by atoms with Crippen LogP contribution in [-0.2, 0) is 0 Å². The summed E-state index contributed by atoms with van der Waals surface area (Å²) in [4.78, 5) is 15.0. The standard InChI is InChI=1S/C16H14N4O/c1-10-6-5-9-12(13(10)17)15-18-16(21)14(19-20-15)11-7-3-2-4-8-11/h2-9H,17H2,1H3,(H,18,20,21). The summed E-state index contributed by atoms with van der Waals surface area (Å²) in [5.41, 5.74) is 8.97. The summed E-state index contributed by atoms with van der Waals surface area (Å²) in [6.45, 7) is 1.91. The van der Waals surface area contributed by atoms with Crippen LogP contribution in [-0.4, -0.2) is 15.2 Å². The number of aromatic amines is 1. The smallest absolute Gasteiger partial charge is 0.278 e. The van der Waals surface area contributed by atoms with Gasteiger partial charge in [-0.3, -0.25) is 4.79 Å². The molecule has 1 aromatic heterocycles. The van der Waals surface area contributed by atoms with E-state index in [0.29, 0.717) is 22.8 Å². The molecular weight excluding hydrogens is 264 g/mol. The summed E-state index contributed by atoms with van der Waals surface area (Å²) in [7, 11) is 0. The molecule has 0 aliphatic heterocycles. The highest BCUT2D eigenvalue weighted by molar-refractivity contribution is 5.74. The molecule has 0 aliphatic rings. The summed E-state index contributed by atoms with van der Waals surface area (Å²) in [5, 5.41) is 8.15. The number of H-pyrrole nitrogens is 1. The normalized spacial score (nSPS) is 10.5. The third-order valence-corrected chi connectivity index (χ3v) is 3.32. The van der Waals surface area contributed by atoms with Gasteiger partial charge in [-0.25, -0.2) is 0 Å². The number of para-hydroxylation sites is 1. The number of nitrogens with zero attached hydrogens (tertiary/aromatic N) is 2. The summed E-state index contributed by atoms with van der Waals surface area (Å²) in [6.07, 6.45) is 0. The monoisotopic (exact) mass is 278 g/mol. The van der Waals surface area contributed by atoms with E-state index in [4.69, 9.17) is 5.73 Å². The number of hydrogen-bond acceptors (Lipinski definition) is 4. The van der Waals surface area contributed by atoms with Gasteiger partial charge in [0.1, 0.15) is 0 Å². The van der Waals surface area contributed by atoms with Crippen molar-refractivity contribution >= 4 is 5.69 Å². The highest BCUT2D eigenvalue weighted by atomic mass is 16.1. The van der Waals surface area contributed by atoms with Gasteiger partial charge in [-0.1, -0.05) is 42.5 Å². The van der Waals surface area contributed by atoms with Crippen LogP contribution in [0.4, 0.5) is 5.69 Å². The van der Waals surface area contributed by atoms with Crippen LogP contribution in [0.5, 0.6) is 0 Å². The first-order valence-electron chi connectivity index (χ1n) is 6.54. The Balaban J connectivity index is 2.11. The fraction of sp³-hybridized carbons (Fsp3) is 0.0625. The molecule has 0 atom stereocenters. The van der Waals surface area contributed by atoms with Crippen LogP contribution in [0.25, 0.3) is 22.6 Å². The molecule has 0 fully saturated rings. The van der Waals surface area contributed by atoms with Crippen LogP contribution in [0.15, 0.2) is 53.3 Å². The number of nitrogens with one attached hydrogen (secondary N) is 1. The van der Waals surface area contributed by atoms with Crippen molar-refractivity contribution in [3.05, 3.63) is 64.4 Å². The molecule has 5 nitrogen and oxygen atoms in total. The maximum atomic E-state index is 12.2. The number of aryl methyl sites for hydroxylation is 1. The topological polar surface area (TPSA) is 84.7 Å². The van der Waals surface area contributed by atoms with Crippen LogP contribution < -0.4 is 11.3 Å². The van der Waals surface area contributed by atoms with Crippen molar-refractivity contribution in [1.82, 2.24) is 15.2 Å². The minimum absolute atomic E-state index is 0.285. The molecule has 3 aromatic rings. The van der Waals surface area contributed by atoms with E-state index in [1.807, 2.05) is 55.5 Å². The Morgan fingerprint density at radius 2 is 1.76 bits per heavy atom. The van der Waals surface area contributed by atoms with Crippen molar-refractivity contribution in [2.24, 2.45) is 0 Å². The van der Waals surface area contributed by atoms with E-state index >= 15 is 0 Å². The highest BCUT2D eigenvalue weighted by Crippen LogP contribution is 2.24. The number of rotatable bonds is 2. The molecule has 2 aromatic carbocycles. The van der Waals surface area contributed by atoms with Crippen molar-refractivity contribution in [2.75, 3.05) is 5.73 Å². The van der Waals surface area contributed by atoms with Crippen molar-refractivity contribution in [3.8, 4) is 22.6 Å². The molecule has 21 heavy (non-hydrogen) atoms. The van der Waals surface area contributed by atoms with Crippen LogP contribution >= 0.6 is 0 Å². The number of benzene rings is 2. The van der Waals surface area contributed by atoms with Gasteiger partial charge < -0.3 is 10.7 Å². The highest BCUT2D eigenvalue weighted by Gasteiger charge is 2.11. The third kappa shape index (κ3) is 2.41. The van der Waals surface area contributed by atoms with E-state index in [1.165, 1.54) is 0 Å². The Bertz CT molecular complexity index is 840. The van der Waals surface area contributed by atoms with Gasteiger partial charge >= 0.3 is 0 Å². The third-order valence-electron chi connectivity index (χ3n) is 3.32. The molecule has 3 N–H and O–H groups in total. The molecule has 0 saturated heterocycles. The Labute approximate surface area is 121 Å². The summed E-state index contributed by atoms with van der Waals surface area (Å²) >= 11 is 0. The minimum atomic E-state index is -0.285. The maximum absolute atomic E-state index is 12.2. The zero-order valence-corrected chi connectivity index (χ0v) is 11.5. The zero-order valence-electron chi connectivity index (χ0n) is 11.5. The van der Waals surface area contributed by atoms with Gasteiger partial charge in [0.2, 0.25) is 0 Å². The largest absolute Gasteiger partial charge is 0.398 e. The van der Waals surface area contributed by atoms with Gasteiger partial charge in [0.05, 0.1) is 0 Å². The number of hydrogen-bond donors (Lipinski definition) is 2. The second kappa shape index (κ2) is 5.20. The fourth-order valence-electron chi connectivity index (χ4n) is 2.13. The first-order chi connectivity index (χ1) is 10.2. The van der Waals surface area contributed by atoms with Gasteiger partial charge in [0, 0.05) is 16.8 Å². The van der Waals surface area contributed by atoms with E-state index < -0.39 is 0 Å². The SMILES string of the molecule is Cc1cccc(-c2nnc(-c3ccccc3)c(=O)[nH]2)c1N. The van der Waals surface area contributed by atoms with Gasteiger partial charge in [0.15, 0.2) is 11.5 Å². The number of anilines is 1. The number of aromatic nitrogens is 3. The predicted molar refractivity (Wildman–Crippen MR) is 82.7 cm³/mol. The second-order valence-electron chi connectivity index (χ2n) is 4.75. The first-order valence-corrected chi connectivity index (χ1v) is 6.54. The predicted octanol–water partition coefficient (Wildman–Crippen LogP) is 2.39. The minimum Gasteiger partial charge on any atom is -0.398 e. The lowest BCUT2D eigenvalue weighted by atomic mass is 10.1. The van der Waals surface area contributed by atoms with Gasteiger partial charge in [-0.2, -0.15) is 0 Å². The van der Waals surface area contributed by atoms with E-state index in [0.717, 1.165) is 11.1 Å². The summed E-state index contributed by atoms with van der Waals surface area (Å²) < 4.78 is 0. The lowest BCUT2D eigenvalue weighted by Crippen LogP contribution is -2.14. The van der Waals surface area contributed by atoms with Crippen molar-refractivity contribution < 1.29 is 0 Å². The van der Waals surface area contributed by atoms with Crippen LogP contribution in [0.3, 0.4) is 0 Å². The molecule has 104 valence electrons. The summed E-state index contributed by atoms with van der Waals surface area (Å²) in [6, 6.07) is 14.8. The molecule has 0 spiro atoms. The van der Waals surface area contributed by atoms with E-state index in [9.17, 15) is 4.79 Å². The Morgan fingerprint density at radius 3 is 2.48 bits per heavy atom. The van der Waals surface area contributed by atoms with E-state index in [2.05, 4.69) is 15.2 Å². The van der Waals surface area contributed by atoms with Gasteiger partial charge in [0.25, 0.3) is 5.56 Å². The lowest BCUT2D eigenvalue weighted by molar-refractivity contribution is 0.963. The van der Waals surface area contributed by atoms with Gasteiger partial charge in [-0.05, 0) is 18.6 Å². The Kier molecular flexibility index (Phi) is 3.23. The van der Waals surface area contributed by atoms with E-state index in [1.54, 1.807) is 0 Å². The molecule has 0 saturated carbocycles. The molecule has 0 radical (unpaired) electrons. The van der Waals surface area contributed by atoms with Crippen LogP contribution in [0.1, 0.15) is 5.56 Å². The zero-order chi connectivity index (χ0) is 14.8. The molecule has 0 aliphatic carbocycles. The Morgan fingerprint density at radius 1 is 1.00 bits per heavy atom. The van der Waals surface area contributed by atoms with Crippen molar-refractivity contribution in [2.45, 2.75) is 6.92 Å². The summed E-state index contributed by atoms with van der Waals surface area (Å²) in [5.74, 6) is 0.376. The van der Waals surface area contributed by atoms with Crippen LogP contribution in [0, 0.1) is 6.92 Å². The fourth-order valence-corrected chi connectivity index (χ4v) is 2.13. The van der Waals surface area contributed by atoms with Gasteiger partial charge in [-0.15, -0.1) is 10.2 Å². The second-order valence-corrected chi connectivity index (χ2v) is 4.75. The quantitative estimate of drug-likeness (QED) is 0.705. The van der Waals surface area contributed by atoms with Crippen LogP contribution in [0.2, 0.25) is 0 Å². The number of nitrogens with two attached hydrogens (primary N) is 1.